The van der Waals surface area contributed by atoms with Crippen LogP contribution in [-0.2, 0) is 0 Å². The summed E-state index contributed by atoms with van der Waals surface area (Å²) in [6.45, 7) is 4.24. The van der Waals surface area contributed by atoms with Crippen LogP contribution in [-0.4, -0.2) is 18.2 Å². The van der Waals surface area contributed by atoms with Crippen molar-refractivity contribution in [2.75, 3.05) is 5.32 Å². The molecule has 0 heterocycles. The topological polar surface area (TPSA) is 47.3 Å². The van der Waals surface area contributed by atoms with Crippen molar-refractivity contribution in [1.29, 1.82) is 0 Å². The maximum atomic E-state index is 5.94. The molecule has 106 valence electrons. The first-order chi connectivity index (χ1) is 9.17. The maximum Gasteiger partial charge on any atom is 0.121 e. The Hall–Kier alpha value is -1.22. The third-order valence-corrected chi connectivity index (χ3v) is 3.89. The molecule has 1 aromatic carbocycles. The molecule has 1 unspecified atom stereocenters. The van der Waals surface area contributed by atoms with E-state index in [1.807, 2.05) is 6.07 Å². The largest absolute Gasteiger partial charge is 0.491 e. The van der Waals surface area contributed by atoms with Gasteiger partial charge in [-0.1, -0.05) is 13.0 Å². The molecule has 2 rings (SSSR count). The lowest BCUT2D eigenvalue weighted by molar-refractivity contribution is 0.217. The highest BCUT2D eigenvalue weighted by atomic mass is 16.5. The standard InChI is InChI=1S/C16H26N2O/c1-3-12(2)19-16-6-4-5-15(11-16)18-14-9-7-13(17)8-10-14/h4-6,11-14,18H,3,7-10,17H2,1-2H3. The number of rotatable bonds is 5. The van der Waals surface area contributed by atoms with E-state index in [-0.39, 0.29) is 6.10 Å². The van der Waals surface area contributed by atoms with E-state index in [1.165, 1.54) is 0 Å². The fourth-order valence-electron chi connectivity index (χ4n) is 2.47. The fourth-order valence-corrected chi connectivity index (χ4v) is 2.47. The number of anilines is 1. The van der Waals surface area contributed by atoms with Crippen molar-refractivity contribution < 1.29 is 4.74 Å². The van der Waals surface area contributed by atoms with E-state index >= 15 is 0 Å². The Morgan fingerprint density at radius 1 is 1.32 bits per heavy atom. The summed E-state index contributed by atoms with van der Waals surface area (Å²) in [6, 6.07) is 9.23. The highest BCUT2D eigenvalue weighted by Gasteiger charge is 2.18. The number of nitrogens with two attached hydrogens (primary N) is 1. The van der Waals surface area contributed by atoms with Gasteiger partial charge in [0.15, 0.2) is 0 Å². The van der Waals surface area contributed by atoms with Gasteiger partial charge in [-0.2, -0.15) is 0 Å². The summed E-state index contributed by atoms with van der Waals surface area (Å²) in [5.41, 5.74) is 7.09. The Labute approximate surface area is 116 Å². The van der Waals surface area contributed by atoms with Crippen molar-refractivity contribution in [2.24, 2.45) is 5.73 Å². The van der Waals surface area contributed by atoms with Gasteiger partial charge in [-0.15, -0.1) is 0 Å². The number of benzene rings is 1. The van der Waals surface area contributed by atoms with Gasteiger partial charge >= 0.3 is 0 Å². The van der Waals surface area contributed by atoms with Crippen LogP contribution >= 0.6 is 0 Å². The number of hydrogen-bond donors (Lipinski definition) is 2. The van der Waals surface area contributed by atoms with Gasteiger partial charge in [-0.05, 0) is 51.2 Å². The molecule has 3 heteroatoms. The van der Waals surface area contributed by atoms with E-state index in [1.54, 1.807) is 0 Å². The number of hydrogen-bond acceptors (Lipinski definition) is 3. The Morgan fingerprint density at radius 2 is 2.05 bits per heavy atom. The first kappa shape index (κ1) is 14.2. The second-order valence-corrected chi connectivity index (χ2v) is 5.62. The van der Waals surface area contributed by atoms with Crippen LogP contribution in [0.3, 0.4) is 0 Å². The normalized spacial score (nSPS) is 24.8. The highest BCUT2D eigenvalue weighted by molar-refractivity contribution is 5.49. The van der Waals surface area contributed by atoms with E-state index in [0.717, 1.165) is 43.5 Å². The Balaban J connectivity index is 1.91. The van der Waals surface area contributed by atoms with Crippen molar-refractivity contribution >= 4 is 5.69 Å². The Bertz CT molecular complexity index is 386. The molecule has 0 bridgehead atoms. The van der Waals surface area contributed by atoms with E-state index in [4.69, 9.17) is 10.5 Å². The zero-order valence-electron chi connectivity index (χ0n) is 12.1. The molecule has 0 amide bonds. The van der Waals surface area contributed by atoms with Crippen LogP contribution in [0.1, 0.15) is 46.0 Å². The van der Waals surface area contributed by atoms with Crippen molar-refractivity contribution in [1.82, 2.24) is 0 Å². The third-order valence-electron chi connectivity index (χ3n) is 3.89. The second-order valence-electron chi connectivity index (χ2n) is 5.62. The molecule has 1 aliphatic carbocycles. The molecular weight excluding hydrogens is 236 g/mol. The van der Waals surface area contributed by atoms with E-state index < -0.39 is 0 Å². The van der Waals surface area contributed by atoms with Crippen molar-refractivity contribution in [3.05, 3.63) is 24.3 Å². The van der Waals surface area contributed by atoms with Gasteiger partial charge in [-0.25, -0.2) is 0 Å². The van der Waals surface area contributed by atoms with E-state index in [0.29, 0.717) is 12.1 Å². The second kappa shape index (κ2) is 6.80. The van der Waals surface area contributed by atoms with Crippen molar-refractivity contribution in [3.63, 3.8) is 0 Å². The van der Waals surface area contributed by atoms with E-state index in [2.05, 4.69) is 37.4 Å². The molecule has 0 aromatic heterocycles. The molecule has 1 aromatic rings. The minimum atomic E-state index is 0.267. The first-order valence-corrected chi connectivity index (χ1v) is 7.46. The van der Waals surface area contributed by atoms with Gasteiger partial charge in [0.1, 0.15) is 5.75 Å². The lowest BCUT2D eigenvalue weighted by Gasteiger charge is -2.27. The fraction of sp³-hybridized carbons (Fsp3) is 0.625. The van der Waals surface area contributed by atoms with Crippen LogP contribution in [0.5, 0.6) is 5.75 Å². The SMILES string of the molecule is CCC(C)Oc1cccc(NC2CCC(N)CC2)c1. The molecule has 3 nitrogen and oxygen atoms in total. The summed E-state index contributed by atoms with van der Waals surface area (Å²) < 4.78 is 5.85. The molecular formula is C16H26N2O. The maximum absolute atomic E-state index is 5.94. The predicted molar refractivity (Wildman–Crippen MR) is 80.7 cm³/mol. The summed E-state index contributed by atoms with van der Waals surface area (Å²) >= 11 is 0. The highest BCUT2D eigenvalue weighted by Crippen LogP contribution is 2.24. The van der Waals surface area contributed by atoms with Crippen LogP contribution in [0.4, 0.5) is 5.69 Å². The smallest absolute Gasteiger partial charge is 0.121 e. The van der Waals surface area contributed by atoms with Gasteiger partial charge in [0.05, 0.1) is 6.10 Å². The van der Waals surface area contributed by atoms with Crippen molar-refractivity contribution in [3.8, 4) is 5.75 Å². The minimum absolute atomic E-state index is 0.267. The Kier molecular flexibility index (Phi) is 5.08. The monoisotopic (exact) mass is 262 g/mol. The van der Waals surface area contributed by atoms with Gasteiger partial charge in [0, 0.05) is 23.8 Å². The summed E-state index contributed by atoms with van der Waals surface area (Å²) in [5.74, 6) is 0.951. The molecule has 1 saturated carbocycles. The van der Waals surface area contributed by atoms with Crippen LogP contribution in [0.15, 0.2) is 24.3 Å². The van der Waals surface area contributed by atoms with Gasteiger partial charge in [0.2, 0.25) is 0 Å². The average Bonchev–Trinajstić information content (AvgIpc) is 2.42. The molecule has 0 radical (unpaired) electrons. The lowest BCUT2D eigenvalue weighted by atomic mass is 9.92. The molecule has 0 aliphatic heterocycles. The molecule has 0 spiro atoms. The van der Waals surface area contributed by atoms with Crippen LogP contribution < -0.4 is 15.8 Å². The zero-order valence-corrected chi connectivity index (χ0v) is 12.1. The Morgan fingerprint density at radius 3 is 2.74 bits per heavy atom. The molecule has 1 aliphatic rings. The van der Waals surface area contributed by atoms with Gasteiger partial charge in [-0.3, -0.25) is 0 Å². The summed E-state index contributed by atoms with van der Waals surface area (Å²) in [7, 11) is 0. The third kappa shape index (κ3) is 4.43. The summed E-state index contributed by atoms with van der Waals surface area (Å²) in [4.78, 5) is 0. The van der Waals surface area contributed by atoms with Crippen LogP contribution in [0.2, 0.25) is 0 Å². The molecule has 19 heavy (non-hydrogen) atoms. The molecule has 1 fully saturated rings. The van der Waals surface area contributed by atoms with Gasteiger partial charge < -0.3 is 15.8 Å². The van der Waals surface area contributed by atoms with E-state index in [9.17, 15) is 0 Å². The summed E-state index contributed by atoms with van der Waals surface area (Å²) in [6.07, 6.45) is 5.87. The van der Waals surface area contributed by atoms with Gasteiger partial charge in [0.25, 0.3) is 0 Å². The lowest BCUT2D eigenvalue weighted by Crippen LogP contribution is -2.32. The minimum Gasteiger partial charge on any atom is -0.491 e. The first-order valence-electron chi connectivity index (χ1n) is 7.46. The molecule has 3 N–H and O–H groups in total. The van der Waals surface area contributed by atoms with Crippen LogP contribution in [0.25, 0.3) is 0 Å². The number of nitrogens with one attached hydrogen (secondary N) is 1. The predicted octanol–water partition coefficient (Wildman–Crippen LogP) is 3.55. The average molecular weight is 262 g/mol. The number of ether oxygens (including phenoxy) is 1. The zero-order chi connectivity index (χ0) is 13.7. The van der Waals surface area contributed by atoms with Crippen molar-refractivity contribution in [2.45, 2.75) is 64.1 Å². The summed E-state index contributed by atoms with van der Waals surface area (Å²) in [5, 5.41) is 3.60. The molecule has 0 saturated heterocycles. The quantitative estimate of drug-likeness (QED) is 0.853. The van der Waals surface area contributed by atoms with Crippen LogP contribution in [0, 0.1) is 0 Å². The molecule has 1 atom stereocenters.